The van der Waals surface area contributed by atoms with Crippen LogP contribution in [-0.2, 0) is 22.6 Å². The fourth-order valence-electron chi connectivity index (χ4n) is 3.06. The Morgan fingerprint density at radius 2 is 2.08 bits per heavy atom. The van der Waals surface area contributed by atoms with E-state index in [1.807, 2.05) is 22.9 Å². The van der Waals surface area contributed by atoms with Crippen LogP contribution in [0.2, 0.25) is 0 Å². The minimum Gasteiger partial charge on any atom is -0.465 e. The molecule has 1 aliphatic rings. The molecule has 1 aromatic carbocycles. The number of fused-ring (bicyclic) bond motifs is 1. The van der Waals surface area contributed by atoms with Gasteiger partial charge in [0.25, 0.3) is 0 Å². The van der Waals surface area contributed by atoms with Crippen molar-refractivity contribution < 1.29 is 14.3 Å². The van der Waals surface area contributed by atoms with Gasteiger partial charge in [-0.3, -0.25) is 9.58 Å². The summed E-state index contributed by atoms with van der Waals surface area (Å²) in [5, 5.41) is 5.94. The Morgan fingerprint density at radius 1 is 1.33 bits per heavy atom. The topological polar surface area (TPSA) is 56.6 Å². The maximum Gasteiger partial charge on any atom is 0.337 e. The van der Waals surface area contributed by atoms with Crippen LogP contribution in [-0.4, -0.2) is 54.1 Å². The minimum absolute atomic E-state index is 0.316. The normalized spacial score (nSPS) is 16.0. The number of hydrogen-bond donors (Lipinski definition) is 0. The fraction of sp³-hybridized carbons (Fsp3) is 0.556. The summed E-state index contributed by atoms with van der Waals surface area (Å²) >= 11 is 0. The zero-order valence-corrected chi connectivity index (χ0v) is 14.6. The average molecular weight is 331 g/mol. The monoisotopic (exact) mass is 331 g/mol. The standard InChI is InChI=1S/C18H25N3O3/c1-13(2)11-21-17-10-14(18(22)23-3)4-5-15(17)16(19-21)12-20-6-8-24-9-7-20/h4-5,10,13H,6-9,11-12H2,1-3H3. The Balaban J connectivity index is 1.97. The number of ether oxygens (including phenoxy) is 2. The molecule has 1 aliphatic heterocycles. The van der Waals surface area contributed by atoms with E-state index in [1.54, 1.807) is 0 Å². The number of aromatic nitrogens is 2. The Morgan fingerprint density at radius 3 is 2.75 bits per heavy atom. The van der Waals surface area contributed by atoms with Gasteiger partial charge in [0, 0.05) is 31.6 Å². The van der Waals surface area contributed by atoms with Crippen molar-refractivity contribution in [1.29, 1.82) is 0 Å². The highest BCUT2D eigenvalue weighted by molar-refractivity contribution is 5.95. The van der Waals surface area contributed by atoms with Crippen molar-refractivity contribution in [2.24, 2.45) is 5.92 Å². The van der Waals surface area contributed by atoms with E-state index in [9.17, 15) is 4.79 Å². The number of benzene rings is 1. The lowest BCUT2D eigenvalue weighted by Crippen LogP contribution is -2.35. The molecule has 0 atom stereocenters. The molecule has 6 heteroatoms. The number of hydrogen-bond acceptors (Lipinski definition) is 5. The molecular weight excluding hydrogens is 306 g/mol. The van der Waals surface area contributed by atoms with Crippen molar-refractivity contribution in [2.45, 2.75) is 26.9 Å². The highest BCUT2D eigenvalue weighted by atomic mass is 16.5. The van der Waals surface area contributed by atoms with Crippen LogP contribution in [0.15, 0.2) is 18.2 Å². The second-order valence-corrected chi connectivity index (χ2v) is 6.63. The Hall–Kier alpha value is -1.92. The lowest BCUT2D eigenvalue weighted by atomic mass is 10.1. The Bertz CT molecular complexity index is 718. The molecule has 2 heterocycles. The van der Waals surface area contributed by atoms with E-state index in [1.165, 1.54) is 7.11 Å². The zero-order valence-electron chi connectivity index (χ0n) is 14.6. The molecule has 0 bridgehead atoms. The molecule has 0 unspecified atom stereocenters. The lowest BCUT2D eigenvalue weighted by Gasteiger charge is -2.25. The van der Waals surface area contributed by atoms with Crippen LogP contribution in [0.25, 0.3) is 10.9 Å². The fourth-order valence-corrected chi connectivity index (χ4v) is 3.06. The molecule has 0 spiro atoms. The third kappa shape index (κ3) is 3.60. The van der Waals surface area contributed by atoms with Gasteiger partial charge >= 0.3 is 5.97 Å². The summed E-state index contributed by atoms with van der Waals surface area (Å²) in [7, 11) is 1.40. The largest absolute Gasteiger partial charge is 0.465 e. The number of carbonyl (C=O) groups is 1. The highest BCUT2D eigenvalue weighted by Gasteiger charge is 2.18. The molecule has 0 aliphatic carbocycles. The van der Waals surface area contributed by atoms with E-state index < -0.39 is 0 Å². The van der Waals surface area contributed by atoms with Gasteiger partial charge in [-0.1, -0.05) is 19.9 Å². The van der Waals surface area contributed by atoms with Gasteiger partial charge in [0.1, 0.15) is 0 Å². The van der Waals surface area contributed by atoms with Gasteiger partial charge in [-0.05, 0) is 18.1 Å². The zero-order chi connectivity index (χ0) is 17.1. The molecule has 3 rings (SSSR count). The third-order valence-corrected chi connectivity index (χ3v) is 4.26. The molecule has 130 valence electrons. The first kappa shape index (κ1) is 16.9. The van der Waals surface area contributed by atoms with Crippen molar-refractivity contribution in [3.63, 3.8) is 0 Å². The molecule has 6 nitrogen and oxygen atoms in total. The summed E-state index contributed by atoms with van der Waals surface area (Å²) in [4.78, 5) is 14.2. The maximum absolute atomic E-state index is 11.8. The van der Waals surface area contributed by atoms with E-state index in [0.29, 0.717) is 11.5 Å². The summed E-state index contributed by atoms with van der Waals surface area (Å²) in [5.41, 5.74) is 2.62. The number of esters is 1. The van der Waals surface area contributed by atoms with Gasteiger partial charge in [0.05, 0.1) is 37.1 Å². The summed E-state index contributed by atoms with van der Waals surface area (Å²) in [6.07, 6.45) is 0. The summed E-state index contributed by atoms with van der Waals surface area (Å²) in [6, 6.07) is 5.69. The predicted molar refractivity (Wildman–Crippen MR) is 92.0 cm³/mol. The molecule has 24 heavy (non-hydrogen) atoms. The van der Waals surface area contributed by atoms with Gasteiger partial charge in [0.2, 0.25) is 0 Å². The van der Waals surface area contributed by atoms with E-state index in [0.717, 1.165) is 56.0 Å². The Kier molecular flexibility index (Phi) is 5.16. The van der Waals surface area contributed by atoms with Gasteiger partial charge in [0.15, 0.2) is 0 Å². The van der Waals surface area contributed by atoms with E-state index in [2.05, 4.69) is 18.7 Å². The van der Waals surface area contributed by atoms with Crippen LogP contribution in [0, 0.1) is 5.92 Å². The smallest absolute Gasteiger partial charge is 0.337 e. The molecule has 1 saturated heterocycles. The Labute approximate surface area is 142 Å². The average Bonchev–Trinajstić information content (AvgIpc) is 2.91. The predicted octanol–water partition coefficient (Wildman–Crippen LogP) is 2.31. The lowest BCUT2D eigenvalue weighted by molar-refractivity contribution is 0.0337. The van der Waals surface area contributed by atoms with E-state index in [-0.39, 0.29) is 5.97 Å². The van der Waals surface area contributed by atoms with Crippen LogP contribution < -0.4 is 0 Å². The van der Waals surface area contributed by atoms with Crippen LogP contribution >= 0.6 is 0 Å². The molecule has 0 N–H and O–H groups in total. The van der Waals surface area contributed by atoms with Crippen LogP contribution in [0.1, 0.15) is 29.9 Å². The highest BCUT2D eigenvalue weighted by Crippen LogP contribution is 2.23. The van der Waals surface area contributed by atoms with Gasteiger partial charge < -0.3 is 9.47 Å². The van der Waals surface area contributed by atoms with E-state index >= 15 is 0 Å². The second-order valence-electron chi connectivity index (χ2n) is 6.63. The number of carbonyl (C=O) groups excluding carboxylic acids is 1. The van der Waals surface area contributed by atoms with Gasteiger partial charge in [-0.25, -0.2) is 4.79 Å². The minimum atomic E-state index is -0.316. The first-order chi connectivity index (χ1) is 11.6. The number of rotatable bonds is 5. The second kappa shape index (κ2) is 7.32. The molecule has 1 fully saturated rings. The first-order valence-electron chi connectivity index (χ1n) is 8.46. The molecular formula is C18H25N3O3. The number of methoxy groups -OCH3 is 1. The first-order valence-corrected chi connectivity index (χ1v) is 8.46. The number of morpholine rings is 1. The quantitative estimate of drug-likeness (QED) is 0.787. The van der Waals surface area contributed by atoms with Crippen LogP contribution in [0.5, 0.6) is 0 Å². The van der Waals surface area contributed by atoms with Gasteiger partial charge in [-0.2, -0.15) is 5.10 Å². The summed E-state index contributed by atoms with van der Waals surface area (Å²) in [6.45, 7) is 9.37. The van der Waals surface area contributed by atoms with Crippen molar-refractivity contribution in [3.05, 3.63) is 29.5 Å². The van der Waals surface area contributed by atoms with Crippen molar-refractivity contribution >= 4 is 16.9 Å². The van der Waals surface area contributed by atoms with E-state index in [4.69, 9.17) is 14.6 Å². The SMILES string of the molecule is COC(=O)c1ccc2c(CN3CCOCC3)nn(CC(C)C)c2c1. The molecule has 1 aromatic heterocycles. The van der Waals surface area contributed by atoms with Crippen LogP contribution in [0.3, 0.4) is 0 Å². The summed E-state index contributed by atoms with van der Waals surface area (Å²) in [5.74, 6) is 0.162. The molecule has 0 saturated carbocycles. The summed E-state index contributed by atoms with van der Waals surface area (Å²) < 4.78 is 12.3. The van der Waals surface area contributed by atoms with Crippen molar-refractivity contribution in [1.82, 2.24) is 14.7 Å². The van der Waals surface area contributed by atoms with Crippen LogP contribution in [0.4, 0.5) is 0 Å². The van der Waals surface area contributed by atoms with Gasteiger partial charge in [-0.15, -0.1) is 0 Å². The van der Waals surface area contributed by atoms with Crippen molar-refractivity contribution in [2.75, 3.05) is 33.4 Å². The molecule has 0 radical (unpaired) electrons. The number of nitrogens with zero attached hydrogens (tertiary/aromatic N) is 3. The maximum atomic E-state index is 11.8. The molecule has 2 aromatic rings. The molecule has 0 amide bonds. The third-order valence-electron chi connectivity index (χ3n) is 4.26. The van der Waals surface area contributed by atoms with Crippen molar-refractivity contribution in [3.8, 4) is 0 Å².